The van der Waals surface area contributed by atoms with Gasteiger partial charge in [0, 0.05) is 25.5 Å². The van der Waals surface area contributed by atoms with E-state index in [0.717, 1.165) is 5.56 Å². The van der Waals surface area contributed by atoms with Gasteiger partial charge in [0.1, 0.15) is 12.0 Å². The van der Waals surface area contributed by atoms with E-state index in [4.69, 9.17) is 9.47 Å². The summed E-state index contributed by atoms with van der Waals surface area (Å²) in [6.45, 7) is 2.33. The maximum Gasteiger partial charge on any atom is 0.309 e. The second kappa shape index (κ2) is 10.5. The molecular formula is C21H26N4O6S. The molecule has 1 aliphatic rings. The molecule has 0 spiro atoms. The van der Waals surface area contributed by atoms with Gasteiger partial charge in [0.15, 0.2) is 0 Å². The molecule has 1 fully saturated rings. The van der Waals surface area contributed by atoms with Crippen molar-refractivity contribution in [3.8, 4) is 5.75 Å². The number of sulfonamides is 1. The number of ether oxygens (including phenoxy) is 2. The summed E-state index contributed by atoms with van der Waals surface area (Å²) in [5.41, 5.74) is 1.43. The molecule has 10 nitrogen and oxygen atoms in total. The number of rotatable bonds is 7. The van der Waals surface area contributed by atoms with E-state index in [9.17, 15) is 18.0 Å². The van der Waals surface area contributed by atoms with Crippen LogP contribution < -0.4 is 15.4 Å². The Morgan fingerprint density at radius 1 is 1.25 bits per heavy atom. The van der Waals surface area contributed by atoms with E-state index in [1.807, 2.05) is 0 Å². The van der Waals surface area contributed by atoms with Crippen LogP contribution >= 0.6 is 0 Å². The molecule has 1 aliphatic heterocycles. The van der Waals surface area contributed by atoms with E-state index in [1.54, 1.807) is 37.5 Å². The zero-order valence-corrected chi connectivity index (χ0v) is 18.7. The smallest absolute Gasteiger partial charge is 0.309 e. The van der Waals surface area contributed by atoms with Crippen molar-refractivity contribution in [3.05, 3.63) is 53.9 Å². The Kier molecular flexibility index (Phi) is 7.78. The molecule has 1 saturated heterocycles. The molecule has 0 aliphatic carbocycles. The van der Waals surface area contributed by atoms with Gasteiger partial charge >= 0.3 is 11.8 Å². The summed E-state index contributed by atoms with van der Waals surface area (Å²) in [6, 6.07) is 8.09. The van der Waals surface area contributed by atoms with Crippen molar-refractivity contribution in [2.75, 3.05) is 26.8 Å². The lowest BCUT2D eigenvalue weighted by molar-refractivity contribution is -0.140. The van der Waals surface area contributed by atoms with Crippen LogP contribution in [0.1, 0.15) is 17.5 Å². The first kappa shape index (κ1) is 23.6. The molecule has 1 atom stereocenters. The number of pyridine rings is 1. The lowest BCUT2D eigenvalue weighted by Crippen LogP contribution is -2.53. The highest BCUT2D eigenvalue weighted by molar-refractivity contribution is 7.89. The SMILES string of the molecule is COc1ccc(S(=O)(=O)N2CCCOC2CNC(=O)C(=O)NCc2cccnc2)cc1C. The molecule has 3 rings (SSSR count). The predicted octanol–water partition coefficient (Wildman–Crippen LogP) is 0.568. The highest BCUT2D eigenvalue weighted by Crippen LogP contribution is 2.26. The fourth-order valence-electron chi connectivity index (χ4n) is 3.27. The fraction of sp³-hybridized carbons (Fsp3) is 0.381. The largest absolute Gasteiger partial charge is 0.496 e. The van der Waals surface area contributed by atoms with Gasteiger partial charge in [0.05, 0.1) is 25.2 Å². The second-order valence-corrected chi connectivity index (χ2v) is 9.07. The van der Waals surface area contributed by atoms with E-state index >= 15 is 0 Å². The summed E-state index contributed by atoms with van der Waals surface area (Å²) in [6.07, 6.45) is 2.78. The lowest BCUT2D eigenvalue weighted by atomic mass is 10.2. The van der Waals surface area contributed by atoms with E-state index in [0.29, 0.717) is 24.3 Å². The van der Waals surface area contributed by atoms with Gasteiger partial charge in [-0.15, -0.1) is 0 Å². The van der Waals surface area contributed by atoms with Crippen molar-refractivity contribution in [1.29, 1.82) is 0 Å². The van der Waals surface area contributed by atoms with Crippen molar-refractivity contribution in [2.24, 2.45) is 0 Å². The predicted molar refractivity (Wildman–Crippen MR) is 115 cm³/mol. The van der Waals surface area contributed by atoms with E-state index in [1.165, 1.54) is 23.5 Å². The number of carbonyl (C=O) groups excluding carboxylic acids is 2. The van der Waals surface area contributed by atoms with Gasteiger partial charge in [-0.25, -0.2) is 8.42 Å². The molecule has 2 N–H and O–H groups in total. The van der Waals surface area contributed by atoms with Gasteiger partial charge in [0.2, 0.25) is 10.0 Å². The third-order valence-electron chi connectivity index (χ3n) is 4.95. The van der Waals surface area contributed by atoms with Gasteiger partial charge in [0.25, 0.3) is 0 Å². The van der Waals surface area contributed by atoms with Crippen molar-refractivity contribution in [1.82, 2.24) is 19.9 Å². The van der Waals surface area contributed by atoms with Crippen LogP contribution in [-0.4, -0.2) is 62.6 Å². The Hall–Kier alpha value is -3.02. The summed E-state index contributed by atoms with van der Waals surface area (Å²) in [4.78, 5) is 28.3. The molecule has 2 heterocycles. The Labute approximate surface area is 187 Å². The van der Waals surface area contributed by atoms with Crippen LogP contribution in [0, 0.1) is 6.92 Å². The van der Waals surface area contributed by atoms with E-state index < -0.39 is 28.1 Å². The van der Waals surface area contributed by atoms with Crippen molar-refractivity contribution >= 4 is 21.8 Å². The fourth-order valence-corrected chi connectivity index (χ4v) is 4.93. The number of nitrogens with zero attached hydrogens (tertiary/aromatic N) is 2. The van der Waals surface area contributed by atoms with Crippen LogP contribution in [0.3, 0.4) is 0 Å². The molecule has 32 heavy (non-hydrogen) atoms. The highest BCUT2D eigenvalue weighted by Gasteiger charge is 2.35. The summed E-state index contributed by atoms with van der Waals surface area (Å²) in [5.74, 6) is -1.12. The summed E-state index contributed by atoms with van der Waals surface area (Å²) >= 11 is 0. The molecular weight excluding hydrogens is 436 g/mol. The number of hydrogen-bond donors (Lipinski definition) is 2. The number of methoxy groups -OCH3 is 1. The first-order chi connectivity index (χ1) is 15.3. The number of aromatic nitrogens is 1. The van der Waals surface area contributed by atoms with E-state index in [-0.39, 0.29) is 24.5 Å². The minimum absolute atomic E-state index is 0.104. The third-order valence-corrected chi connectivity index (χ3v) is 6.83. The highest BCUT2D eigenvalue weighted by atomic mass is 32.2. The van der Waals surface area contributed by atoms with E-state index in [2.05, 4.69) is 15.6 Å². The average Bonchev–Trinajstić information content (AvgIpc) is 2.81. The lowest BCUT2D eigenvalue weighted by Gasteiger charge is -2.34. The number of carbonyl (C=O) groups is 2. The van der Waals surface area contributed by atoms with Crippen LogP contribution in [-0.2, 0) is 30.9 Å². The van der Waals surface area contributed by atoms with Gasteiger partial charge < -0.3 is 20.1 Å². The topological polar surface area (TPSA) is 127 Å². The molecule has 172 valence electrons. The Balaban J connectivity index is 1.63. The van der Waals surface area contributed by atoms with Crippen LogP contribution in [0.5, 0.6) is 5.75 Å². The maximum atomic E-state index is 13.2. The first-order valence-corrected chi connectivity index (χ1v) is 11.5. The second-order valence-electron chi connectivity index (χ2n) is 7.18. The zero-order chi connectivity index (χ0) is 23.1. The van der Waals surface area contributed by atoms with Crippen LogP contribution in [0.15, 0.2) is 47.6 Å². The average molecular weight is 463 g/mol. The van der Waals surface area contributed by atoms with Crippen molar-refractivity contribution in [3.63, 3.8) is 0 Å². The molecule has 1 aromatic heterocycles. The molecule has 2 amide bonds. The maximum absolute atomic E-state index is 13.2. The Morgan fingerprint density at radius 2 is 2.03 bits per heavy atom. The van der Waals surface area contributed by atoms with Crippen molar-refractivity contribution in [2.45, 2.75) is 31.0 Å². The standard InChI is InChI=1S/C21H26N4O6S/c1-15-11-17(6-7-18(15)30-2)32(28,29)25-9-4-10-31-19(25)14-24-21(27)20(26)23-13-16-5-3-8-22-12-16/h3,5-8,11-12,19H,4,9-10,13-14H2,1-2H3,(H,23,26)(H,24,27). The molecule has 1 unspecified atom stereocenters. The Morgan fingerprint density at radius 3 is 2.72 bits per heavy atom. The van der Waals surface area contributed by atoms with Gasteiger partial charge in [-0.05, 0) is 48.7 Å². The molecule has 0 radical (unpaired) electrons. The number of amides is 2. The molecule has 11 heteroatoms. The van der Waals surface area contributed by atoms with Crippen LogP contribution in [0.2, 0.25) is 0 Å². The number of nitrogens with one attached hydrogen (secondary N) is 2. The summed E-state index contributed by atoms with van der Waals surface area (Å²) in [5, 5.41) is 4.95. The van der Waals surface area contributed by atoms with Crippen molar-refractivity contribution < 1.29 is 27.5 Å². The molecule has 0 bridgehead atoms. The molecule has 2 aromatic rings. The zero-order valence-electron chi connectivity index (χ0n) is 17.9. The van der Waals surface area contributed by atoms with Crippen LogP contribution in [0.25, 0.3) is 0 Å². The normalized spacial score (nSPS) is 16.9. The molecule has 0 saturated carbocycles. The minimum Gasteiger partial charge on any atom is -0.496 e. The third kappa shape index (κ3) is 5.61. The summed E-state index contributed by atoms with van der Waals surface area (Å²) < 4.78 is 38.4. The molecule has 1 aromatic carbocycles. The van der Waals surface area contributed by atoms with Gasteiger partial charge in [-0.1, -0.05) is 6.07 Å². The summed E-state index contributed by atoms with van der Waals surface area (Å²) in [7, 11) is -2.36. The van der Waals surface area contributed by atoms with Gasteiger partial charge in [-0.3, -0.25) is 14.6 Å². The van der Waals surface area contributed by atoms with Gasteiger partial charge in [-0.2, -0.15) is 4.31 Å². The Bertz CT molecular complexity index is 1060. The number of benzene rings is 1. The first-order valence-electron chi connectivity index (χ1n) is 10.1. The quantitative estimate of drug-likeness (QED) is 0.576. The number of hydrogen-bond acceptors (Lipinski definition) is 7. The monoisotopic (exact) mass is 462 g/mol. The minimum atomic E-state index is -3.88. The number of aryl methyl sites for hydroxylation is 1. The van der Waals surface area contributed by atoms with Crippen LogP contribution in [0.4, 0.5) is 0 Å².